The second kappa shape index (κ2) is 5.87. The van der Waals surface area contributed by atoms with Crippen LogP contribution in [-0.4, -0.2) is 28.9 Å². The number of thiazole rings is 1. The van der Waals surface area contributed by atoms with E-state index >= 15 is 0 Å². The van der Waals surface area contributed by atoms with E-state index in [4.69, 9.17) is 0 Å². The second-order valence-electron chi connectivity index (χ2n) is 5.31. The van der Waals surface area contributed by atoms with Gasteiger partial charge >= 0.3 is 0 Å². The van der Waals surface area contributed by atoms with Crippen molar-refractivity contribution in [1.29, 1.82) is 0 Å². The Morgan fingerprint density at radius 3 is 2.90 bits per heavy atom. The third kappa shape index (κ3) is 3.02. The topological polar surface area (TPSA) is 45.2 Å². The van der Waals surface area contributed by atoms with Crippen LogP contribution in [0.3, 0.4) is 0 Å². The van der Waals surface area contributed by atoms with E-state index in [1.807, 2.05) is 19.9 Å². The van der Waals surface area contributed by atoms with Gasteiger partial charge in [-0.2, -0.15) is 0 Å². The summed E-state index contributed by atoms with van der Waals surface area (Å²) in [6, 6.07) is 1.95. The Labute approximate surface area is 132 Å². The predicted molar refractivity (Wildman–Crippen MR) is 88.5 cm³/mol. The van der Waals surface area contributed by atoms with Crippen LogP contribution in [0.4, 0.5) is 5.13 Å². The van der Waals surface area contributed by atoms with E-state index in [2.05, 4.69) is 22.1 Å². The highest BCUT2D eigenvalue weighted by Gasteiger charge is 2.21. The van der Waals surface area contributed by atoms with E-state index in [1.165, 1.54) is 26.7 Å². The Bertz CT molecular complexity index is 655. The molecule has 1 N–H and O–H groups in total. The molecule has 0 saturated carbocycles. The number of hydrogen-bond donors (Lipinski definition) is 1. The van der Waals surface area contributed by atoms with Gasteiger partial charge in [0, 0.05) is 29.3 Å². The standard InChI is InChI=1S/C15H19N3OS2/c1-4-18-6-5-11-13(8-18)21-15(16-11)17-14(19)12-7-9(2)10(3)20-12/h7H,4-6,8H2,1-3H3,(H,16,17,19). The highest BCUT2D eigenvalue weighted by Crippen LogP contribution is 2.29. The highest BCUT2D eigenvalue weighted by molar-refractivity contribution is 7.16. The summed E-state index contributed by atoms with van der Waals surface area (Å²) in [6.45, 7) is 9.33. The van der Waals surface area contributed by atoms with Crippen LogP contribution in [0.15, 0.2) is 6.07 Å². The smallest absolute Gasteiger partial charge is 0.267 e. The maximum Gasteiger partial charge on any atom is 0.267 e. The molecule has 0 spiro atoms. The van der Waals surface area contributed by atoms with Crippen LogP contribution in [0.25, 0.3) is 0 Å². The molecule has 1 aliphatic rings. The number of carbonyl (C=O) groups excluding carboxylic acids is 1. The van der Waals surface area contributed by atoms with Gasteiger partial charge in [0.1, 0.15) is 0 Å². The van der Waals surface area contributed by atoms with Gasteiger partial charge in [-0.25, -0.2) is 4.98 Å². The van der Waals surface area contributed by atoms with Crippen LogP contribution in [0, 0.1) is 13.8 Å². The van der Waals surface area contributed by atoms with E-state index in [9.17, 15) is 4.79 Å². The molecule has 0 bridgehead atoms. The first-order chi connectivity index (χ1) is 10.1. The molecule has 0 aliphatic carbocycles. The normalized spacial score (nSPS) is 15.0. The molecule has 0 unspecified atom stereocenters. The summed E-state index contributed by atoms with van der Waals surface area (Å²) in [4.78, 5) is 22.5. The van der Waals surface area contributed by atoms with E-state index in [0.29, 0.717) is 0 Å². The summed E-state index contributed by atoms with van der Waals surface area (Å²) in [5.74, 6) is -0.0466. The summed E-state index contributed by atoms with van der Waals surface area (Å²) in [5, 5.41) is 3.68. The maximum atomic E-state index is 12.3. The summed E-state index contributed by atoms with van der Waals surface area (Å²) in [5.41, 5.74) is 2.32. The lowest BCUT2D eigenvalue weighted by Gasteiger charge is -2.23. The minimum Gasteiger partial charge on any atom is -0.298 e. The molecule has 21 heavy (non-hydrogen) atoms. The second-order valence-corrected chi connectivity index (χ2v) is 7.65. The number of nitrogens with zero attached hydrogens (tertiary/aromatic N) is 2. The van der Waals surface area contributed by atoms with E-state index < -0.39 is 0 Å². The van der Waals surface area contributed by atoms with E-state index in [1.54, 1.807) is 11.3 Å². The first-order valence-electron chi connectivity index (χ1n) is 7.16. The molecular weight excluding hydrogens is 302 g/mol. The van der Waals surface area contributed by atoms with Gasteiger partial charge in [0.2, 0.25) is 0 Å². The molecule has 6 heteroatoms. The third-order valence-corrected chi connectivity index (χ3v) is 6.02. The van der Waals surface area contributed by atoms with Crippen LogP contribution < -0.4 is 5.32 Å². The van der Waals surface area contributed by atoms with Crippen LogP contribution in [0.1, 0.15) is 37.6 Å². The molecule has 1 aliphatic heterocycles. The molecule has 0 fully saturated rings. The Hall–Kier alpha value is -1.24. The van der Waals surface area contributed by atoms with Crippen molar-refractivity contribution in [3.8, 4) is 0 Å². The van der Waals surface area contributed by atoms with Crippen molar-refractivity contribution >= 4 is 33.7 Å². The molecule has 112 valence electrons. The molecule has 1 amide bonds. The lowest BCUT2D eigenvalue weighted by atomic mass is 10.2. The average Bonchev–Trinajstić information content (AvgIpc) is 3.01. The SMILES string of the molecule is CCN1CCc2nc(NC(=O)c3cc(C)c(C)s3)sc2C1. The monoisotopic (exact) mass is 321 g/mol. The average molecular weight is 321 g/mol. The number of carbonyl (C=O) groups is 1. The summed E-state index contributed by atoms with van der Waals surface area (Å²) < 4.78 is 0. The molecule has 3 rings (SSSR count). The van der Waals surface area contributed by atoms with Crippen LogP contribution >= 0.6 is 22.7 Å². The summed E-state index contributed by atoms with van der Waals surface area (Å²) >= 11 is 3.15. The van der Waals surface area contributed by atoms with Gasteiger partial charge < -0.3 is 0 Å². The number of fused-ring (bicyclic) bond motifs is 1. The minimum absolute atomic E-state index is 0.0466. The van der Waals surface area contributed by atoms with Crippen molar-refractivity contribution in [3.05, 3.63) is 32.0 Å². The Balaban J connectivity index is 1.74. The minimum atomic E-state index is -0.0466. The fraction of sp³-hybridized carbons (Fsp3) is 0.467. The first-order valence-corrected chi connectivity index (χ1v) is 8.79. The highest BCUT2D eigenvalue weighted by atomic mass is 32.1. The molecule has 0 aromatic carbocycles. The van der Waals surface area contributed by atoms with Gasteiger partial charge in [-0.1, -0.05) is 6.92 Å². The maximum absolute atomic E-state index is 12.3. The third-order valence-electron chi connectivity index (χ3n) is 3.87. The van der Waals surface area contributed by atoms with Gasteiger partial charge in [-0.3, -0.25) is 15.0 Å². The number of rotatable bonds is 3. The van der Waals surface area contributed by atoms with Crippen molar-refractivity contribution < 1.29 is 4.79 Å². The zero-order valence-corrected chi connectivity index (χ0v) is 14.2. The van der Waals surface area contributed by atoms with Crippen LogP contribution in [-0.2, 0) is 13.0 Å². The number of anilines is 1. The number of hydrogen-bond acceptors (Lipinski definition) is 5. The molecule has 3 heterocycles. The van der Waals surface area contributed by atoms with Crippen LogP contribution in [0.5, 0.6) is 0 Å². The Morgan fingerprint density at radius 2 is 2.24 bits per heavy atom. The predicted octanol–water partition coefficient (Wildman–Crippen LogP) is 3.45. The van der Waals surface area contributed by atoms with E-state index in [0.717, 1.165) is 41.8 Å². The van der Waals surface area contributed by atoms with Gasteiger partial charge in [0.15, 0.2) is 5.13 Å². The largest absolute Gasteiger partial charge is 0.298 e. The van der Waals surface area contributed by atoms with Crippen LogP contribution in [0.2, 0.25) is 0 Å². The number of aryl methyl sites for hydroxylation is 2. The summed E-state index contributed by atoms with van der Waals surface area (Å²) in [6.07, 6.45) is 0.979. The van der Waals surface area contributed by atoms with Crippen molar-refractivity contribution in [3.63, 3.8) is 0 Å². The molecular formula is C15H19N3OS2. The lowest BCUT2D eigenvalue weighted by molar-refractivity contribution is 0.103. The van der Waals surface area contributed by atoms with Crippen molar-refractivity contribution in [2.45, 2.75) is 33.7 Å². The van der Waals surface area contributed by atoms with Gasteiger partial charge in [0.05, 0.1) is 10.6 Å². The Kier molecular flexibility index (Phi) is 4.10. The van der Waals surface area contributed by atoms with Gasteiger partial charge in [-0.05, 0) is 32.0 Å². The quantitative estimate of drug-likeness (QED) is 0.942. The number of aromatic nitrogens is 1. The Morgan fingerprint density at radius 1 is 1.43 bits per heavy atom. The molecule has 4 nitrogen and oxygen atoms in total. The zero-order valence-electron chi connectivity index (χ0n) is 12.5. The van der Waals surface area contributed by atoms with Crippen molar-refractivity contribution in [2.75, 3.05) is 18.4 Å². The summed E-state index contributed by atoms with van der Waals surface area (Å²) in [7, 11) is 0. The van der Waals surface area contributed by atoms with Gasteiger partial charge in [-0.15, -0.1) is 22.7 Å². The molecule has 0 atom stereocenters. The number of nitrogens with one attached hydrogen (secondary N) is 1. The number of amides is 1. The van der Waals surface area contributed by atoms with E-state index in [-0.39, 0.29) is 5.91 Å². The van der Waals surface area contributed by atoms with Crippen molar-refractivity contribution in [1.82, 2.24) is 9.88 Å². The number of thiophene rings is 1. The fourth-order valence-corrected chi connectivity index (χ4v) is 4.39. The molecule has 0 saturated heterocycles. The number of likely N-dealkylation sites (N-methyl/N-ethyl adjacent to an activating group) is 1. The van der Waals surface area contributed by atoms with Gasteiger partial charge in [0.25, 0.3) is 5.91 Å². The fourth-order valence-electron chi connectivity index (χ4n) is 2.42. The molecule has 2 aromatic rings. The van der Waals surface area contributed by atoms with Crippen molar-refractivity contribution in [2.24, 2.45) is 0 Å². The molecule has 2 aromatic heterocycles. The lowest BCUT2D eigenvalue weighted by Crippen LogP contribution is -2.29. The molecule has 0 radical (unpaired) electrons. The zero-order chi connectivity index (χ0) is 15.0. The first kappa shape index (κ1) is 14.7.